The second-order valence-electron chi connectivity index (χ2n) is 8.93. The molecule has 2 aliphatic rings. The van der Waals surface area contributed by atoms with E-state index in [1.807, 2.05) is 25.1 Å². The molecule has 2 unspecified atom stereocenters. The molecule has 2 aromatic carbocycles. The Morgan fingerprint density at radius 2 is 1.79 bits per heavy atom. The zero-order chi connectivity index (χ0) is 23.8. The van der Waals surface area contributed by atoms with Crippen LogP contribution in [0.4, 0.5) is 23.2 Å². The molecule has 2 atom stereocenters. The number of hydrogen-bond donors (Lipinski definition) is 1. The van der Waals surface area contributed by atoms with Gasteiger partial charge in [-0.25, -0.2) is 4.39 Å². The average molecular weight is 484 g/mol. The molecule has 2 aliphatic heterocycles. The van der Waals surface area contributed by atoms with Gasteiger partial charge < -0.3 is 15.1 Å². The van der Waals surface area contributed by atoms with Crippen molar-refractivity contribution < 1.29 is 22.4 Å². The molecule has 0 bridgehead atoms. The van der Waals surface area contributed by atoms with Crippen molar-refractivity contribution in [1.29, 1.82) is 0 Å². The first-order chi connectivity index (χ1) is 15.6. The fourth-order valence-corrected chi connectivity index (χ4v) is 4.92. The molecule has 2 fully saturated rings. The summed E-state index contributed by atoms with van der Waals surface area (Å²) in [6.07, 6.45) is -3.87. The number of anilines is 1. The monoisotopic (exact) mass is 483 g/mol. The van der Waals surface area contributed by atoms with Crippen LogP contribution in [-0.2, 0) is 6.18 Å². The number of amides is 1. The molecule has 4 rings (SSSR count). The van der Waals surface area contributed by atoms with Gasteiger partial charge in [0.1, 0.15) is 5.82 Å². The summed E-state index contributed by atoms with van der Waals surface area (Å²) in [5.41, 5.74) is 0.509. The lowest BCUT2D eigenvalue weighted by molar-refractivity contribution is -0.140. The number of carbonyl (C=O) groups excluding carboxylic acids is 1. The second-order valence-corrected chi connectivity index (χ2v) is 9.33. The number of alkyl halides is 3. The summed E-state index contributed by atoms with van der Waals surface area (Å²) < 4.78 is 52.5. The summed E-state index contributed by atoms with van der Waals surface area (Å²) in [5, 5.41) is 4.11. The van der Waals surface area contributed by atoms with E-state index in [1.54, 1.807) is 4.90 Å². The fourth-order valence-electron chi connectivity index (χ4n) is 4.73. The Morgan fingerprint density at radius 3 is 2.42 bits per heavy atom. The highest BCUT2D eigenvalue weighted by Gasteiger charge is 2.42. The number of likely N-dealkylation sites (tertiary alicyclic amines) is 2. The van der Waals surface area contributed by atoms with Crippen LogP contribution in [0, 0.1) is 24.6 Å². The standard InChI is InChI=1S/C24H26ClF4N3O/c1-15-3-5-19(10-21(15)25)30-7-2-8-31-11-17-13-32(14-18(17)12-31)23(33)16-4-6-22(26)20(9-16)24(27,28)29/h3-6,9-10,17-18,30H,2,7-8,11-14H2,1H3. The number of nitrogens with one attached hydrogen (secondary N) is 1. The molecule has 33 heavy (non-hydrogen) atoms. The minimum absolute atomic E-state index is 0.122. The van der Waals surface area contributed by atoms with E-state index >= 15 is 0 Å². The smallest absolute Gasteiger partial charge is 0.385 e. The summed E-state index contributed by atoms with van der Waals surface area (Å²) in [6.45, 7) is 6.47. The highest BCUT2D eigenvalue weighted by atomic mass is 35.5. The van der Waals surface area contributed by atoms with E-state index in [-0.39, 0.29) is 5.56 Å². The topological polar surface area (TPSA) is 35.6 Å². The van der Waals surface area contributed by atoms with E-state index in [0.29, 0.717) is 37.1 Å². The molecular formula is C24H26ClF4N3O. The van der Waals surface area contributed by atoms with Crippen molar-refractivity contribution in [2.45, 2.75) is 19.5 Å². The van der Waals surface area contributed by atoms with Crippen molar-refractivity contribution in [3.05, 3.63) is 63.9 Å². The van der Waals surface area contributed by atoms with E-state index in [9.17, 15) is 22.4 Å². The maximum atomic E-state index is 13.5. The zero-order valence-electron chi connectivity index (χ0n) is 18.3. The van der Waals surface area contributed by atoms with Crippen LogP contribution in [0.1, 0.15) is 27.9 Å². The molecule has 4 nitrogen and oxygen atoms in total. The normalized spacial score (nSPS) is 20.8. The molecule has 1 N–H and O–H groups in total. The molecular weight excluding hydrogens is 458 g/mol. The second kappa shape index (κ2) is 9.50. The average Bonchev–Trinajstić information content (AvgIpc) is 3.31. The summed E-state index contributed by atoms with van der Waals surface area (Å²) in [4.78, 5) is 16.7. The summed E-state index contributed by atoms with van der Waals surface area (Å²) >= 11 is 6.15. The number of hydrogen-bond acceptors (Lipinski definition) is 3. The van der Waals surface area contributed by atoms with E-state index in [0.717, 1.165) is 54.9 Å². The van der Waals surface area contributed by atoms with Crippen LogP contribution in [0.25, 0.3) is 0 Å². The van der Waals surface area contributed by atoms with E-state index in [1.165, 1.54) is 0 Å². The SMILES string of the molecule is Cc1ccc(NCCCN2CC3CN(C(=O)c4ccc(F)c(C(F)(F)F)c4)CC3C2)cc1Cl. The van der Waals surface area contributed by atoms with Crippen LogP contribution < -0.4 is 5.32 Å². The van der Waals surface area contributed by atoms with Crippen molar-refractivity contribution in [3.63, 3.8) is 0 Å². The predicted octanol–water partition coefficient (Wildman–Crippen LogP) is 5.31. The Morgan fingerprint density at radius 1 is 1.09 bits per heavy atom. The quantitative estimate of drug-likeness (QED) is 0.446. The maximum absolute atomic E-state index is 13.5. The number of nitrogens with zero attached hydrogens (tertiary/aromatic N) is 2. The van der Waals surface area contributed by atoms with Crippen LogP contribution in [0.3, 0.4) is 0 Å². The summed E-state index contributed by atoms with van der Waals surface area (Å²) in [7, 11) is 0. The number of benzene rings is 2. The molecule has 1 amide bonds. The molecule has 9 heteroatoms. The number of aryl methyl sites for hydroxylation is 1. The minimum atomic E-state index is -4.83. The molecule has 0 radical (unpaired) electrons. The number of fused-ring (bicyclic) bond motifs is 1. The third-order valence-electron chi connectivity index (χ3n) is 6.52. The van der Waals surface area contributed by atoms with Crippen molar-refractivity contribution >= 4 is 23.2 Å². The first-order valence-corrected chi connectivity index (χ1v) is 11.4. The Kier molecular flexibility index (Phi) is 6.86. The van der Waals surface area contributed by atoms with Crippen molar-refractivity contribution in [1.82, 2.24) is 9.80 Å². The Balaban J connectivity index is 1.25. The molecule has 2 saturated heterocycles. The summed E-state index contributed by atoms with van der Waals surface area (Å²) in [5.74, 6) is -1.23. The molecule has 2 aromatic rings. The van der Waals surface area contributed by atoms with Crippen molar-refractivity contribution in [3.8, 4) is 0 Å². The Labute approximate surface area is 195 Å². The lowest BCUT2D eigenvalue weighted by Crippen LogP contribution is -2.34. The zero-order valence-corrected chi connectivity index (χ0v) is 19.0. The van der Waals surface area contributed by atoms with Crippen LogP contribution in [-0.4, -0.2) is 55.0 Å². The molecule has 2 heterocycles. The van der Waals surface area contributed by atoms with Crippen molar-refractivity contribution in [2.75, 3.05) is 44.6 Å². The first kappa shape index (κ1) is 23.8. The van der Waals surface area contributed by atoms with Gasteiger partial charge in [0, 0.05) is 49.0 Å². The lowest BCUT2D eigenvalue weighted by Gasteiger charge is -2.22. The molecule has 0 spiro atoms. The largest absolute Gasteiger partial charge is 0.419 e. The van der Waals surface area contributed by atoms with Gasteiger partial charge >= 0.3 is 6.18 Å². The maximum Gasteiger partial charge on any atom is 0.419 e. The van der Waals surface area contributed by atoms with Crippen LogP contribution in [0.2, 0.25) is 5.02 Å². The van der Waals surface area contributed by atoms with Crippen LogP contribution in [0.5, 0.6) is 0 Å². The third-order valence-corrected chi connectivity index (χ3v) is 6.93. The third kappa shape index (κ3) is 5.44. The van der Waals surface area contributed by atoms with Gasteiger partial charge in [0.05, 0.1) is 5.56 Å². The Bertz CT molecular complexity index is 1020. The van der Waals surface area contributed by atoms with E-state index in [2.05, 4.69) is 10.2 Å². The lowest BCUT2D eigenvalue weighted by atomic mass is 10.0. The first-order valence-electron chi connectivity index (χ1n) is 11.0. The number of rotatable bonds is 6. The fraction of sp³-hybridized carbons (Fsp3) is 0.458. The van der Waals surface area contributed by atoms with E-state index < -0.39 is 23.5 Å². The van der Waals surface area contributed by atoms with Gasteiger partial charge in [-0.05, 0) is 67.6 Å². The van der Waals surface area contributed by atoms with Crippen LogP contribution >= 0.6 is 11.6 Å². The number of carbonyl (C=O) groups is 1. The van der Waals surface area contributed by atoms with Gasteiger partial charge in [-0.3, -0.25) is 4.79 Å². The molecule has 0 aliphatic carbocycles. The highest BCUT2D eigenvalue weighted by molar-refractivity contribution is 6.31. The molecule has 0 saturated carbocycles. The Hall–Kier alpha value is -2.32. The van der Waals surface area contributed by atoms with E-state index in [4.69, 9.17) is 11.6 Å². The van der Waals surface area contributed by atoms with Gasteiger partial charge in [0.25, 0.3) is 5.91 Å². The number of halogens is 5. The van der Waals surface area contributed by atoms with Gasteiger partial charge in [-0.2, -0.15) is 13.2 Å². The van der Waals surface area contributed by atoms with Gasteiger partial charge in [0.2, 0.25) is 0 Å². The predicted molar refractivity (Wildman–Crippen MR) is 120 cm³/mol. The molecule has 178 valence electrons. The van der Waals surface area contributed by atoms with Crippen molar-refractivity contribution in [2.24, 2.45) is 11.8 Å². The summed E-state index contributed by atoms with van der Waals surface area (Å²) in [6, 6.07) is 8.36. The van der Waals surface area contributed by atoms with Gasteiger partial charge in [-0.1, -0.05) is 17.7 Å². The van der Waals surface area contributed by atoms with Crippen LogP contribution in [0.15, 0.2) is 36.4 Å². The minimum Gasteiger partial charge on any atom is -0.385 e. The van der Waals surface area contributed by atoms with Gasteiger partial charge in [0.15, 0.2) is 0 Å². The van der Waals surface area contributed by atoms with Gasteiger partial charge in [-0.15, -0.1) is 0 Å². The highest BCUT2D eigenvalue weighted by Crippen LogP contribution is 2.34. The molecule has 0 aromatic heterocycles.